The average Bonchev–Trinajstić information content (AvgIpc) is 2.80. The lowest BCUT2D eigenvalue weighted by atomic mass is 9.94. The molecule has 0 amide bonds. The number of hydrogen-bond donors (Lipinski definition) is 2. The quantitative estimate of drug-likeness (QED) is 0.739. The molecule has 0 atom stereocenters. The van der Waals surface area contributed by atoms with E-state index in [4.69, 9.17) is 0 Å². The molecule has 0 spiro atoms. The monoisotopic (exact) mass is 322 g/mol. The van der Waals surface area contributed by atoms with Crippen LogP contribution < -0.4 is 5.43 Å². The van der Waals surface area contributed by atoms with Crippen LogP contribution in [-0.2, 0) is 0 Å². The lowest BCUT2D eigenvalue weighted by Gasteiger charge is -2.14. The first-order chi connectivity index (χ1) is 11.5. The predicted octanol–water partition coefficient (Wildman–Crippen LogP) is 5.75. The Balaban J connectivity index is 0.000000175. The molecule has 0 unspecified atom stereocenters. The number of phenolic OH excluding ortho intramolecular Hbond substituents is 1. The van der Waals surface area contributed by atoms with E-state index in [1.165, 1.54) is 5.56 Å². The van der Waals surface area contributed by atoms with Crippen molar-refractivity contribution in [2.45, 2.75) is 39.5 Å². The molecule has 1 heterocycles. The summed E-state index contributed by atoms with van der Waals surface area (Å²) in [5.41, 5.74) is 7.25. The molecule has 0 saturated heterocycles. The van der Waals surface area contributed by atoms with Crippen LogP contribution in [0.5, 0.6) is 5.75 Å². The van der Waals surface area contributed by atoms with Crippen molar-refractivity contribution < 1.29 is 5.11 Å². The highest BCUT2D eigenvalue weighted by Crippen LogP contribution is 2.32. The zero-order valence-electron chi connectivity index (χ0n) is 14.8. The summed E-state index contributed by atoms with van der Waals surface area (Å²) >= 11 is 0. The first-order valence-corrected chi connectivity index (χ1v) is 8.37. The summed E-state index contributed by atoms with van der Waals surface area (Å²) < 4.78 is 0. The van der Waals surface area contributed by atoms with Gasteiger partial charge in [-0.05, 0) is 40.7 Å². The SMILES string of the molecule is C1=Cc2ccccc2NN=C1.CC(C)c1cccc(C(C)C)c1O. The van der Waals surface area contributed by atoms with Crippen LogP contribution in [0.1, 0.15) is 56.2 Å². The van der Waals surface area contributed by atoms with Crippen LogP contribution >= 0.6 is 0 Å². The van der Waals surface area contributed by atoms with E-state index in [0.717, 1.165) is 16.8 Å². The standard InChI is InChI=1S/C12H18O.C9H8N2/c1-8(2)10-6-5-7-11(9(3)4)12(10)13;1-2-6-9-8(4-1)5-3-7-10-11-9/h5-9,13H,1-4H3;1-7,11H. The Morgan fingerprint density at radius 3 is 2.12 bits per heavy atom. The predicted molar refractivity (Wildman–Crippen MR) is 104 cm³/mol. The number of aromatic hydroxyl groups is 1. The van der Waals surface area contributed by atoms with Crippen LogP contribution in [-0.4, -0.2) is 11.3 Å². The zero-order valence-corrected chi connectivity index (χ0v) is 14.8. The molecule has 3 nitrogen and oxygen atoms in total. The van der Waals surface area contributed by atoms with E-state index in [1.807, 2.05) is 54.6 Å². The molecule has 0 aliphatic carbocycles. The number of benzene rings is 2. The van der Waals surface area contributed by atoms with Gasteiger partial charge in [-0.3, -0.25) is 5.43 Å². The number of nitrogens with one attached hydrogen (secondary N) is 1. The second-order valence-corrected chi connectivity index (χ2v) is 6.43. The first-order valence-electron chi connectivity index (χ1n) is 8.37. The lowest BCUT2D eigenvalue weighted by molar-refractivity contribution is 0.454. The minimum absolute atomic E-state index is 0.388. The normalized spacial score (nSPS) is 12.2. The number of phenols is 1. The van der Waals surface area contributed by atoms with Crippen molar-refractivity contribution in [1.82, 2.24) is 0 Å². The molecule has 1 aliphatic heterocycles. The molecule has 24 heavy (non-hydrogen) atoms. The molecule has 3 rings (SSSR count). The Kier molecular flexibility index (Phi) is 6.19. The Bertz CT molecular complexity index is 704. The number of anilines is 1. The smallest absolute Gasteiger partial charge is 0.122 e. The second-order valence-electron chi connectivity index (χ2n) is 6.43. The van der Waals surface area contributed by atoms with Crippen LogP contribution in [0.3, 0.4) is 0 Å². The van der Waals surface area contributed by atoms with E-state index in [-0.39, 0.29) is 0 Å². The number of hydrogen-bond acceptors (Lipinski definition) is 3. The van der Waals surface area contributed by atoms with Gasteiger partial charge in [-0.1, -0.05) is 70.2 Å². The van der Waals surface area contributed by atoms with Gasteiger partial charge in [0, 0.05) is 6.21 Å². The fourth-order valence-electron chi connectivity index (χ4n) is 2.55. The van der Waals surface area contributed by atoms with Crippen LogP contribution in [0, 0.1) is 0 Å². The van der Waals surface area contributed by atoms with Crippen molar-refractivity contribution in [3.63, 3.8) is 0 Å². The van der Waals surface area contributed by atoms with Crippen molar-refractivity contribution in [3.05, 3.63) is 65.2 Å². The highest BCUT2D eigenvalue weighted by Gasteiger charge is 2.11. The number of rotatable bonds is 2. The third-order valence-corrected chi connectivity index (χ3v) is 3.92. The molecule has 0 saturated carbocycles. The van der Waals surface area contributed by atoms with Gasteiger partial charge in [0.25, 0.3) is 0 Å². The minimum atomic E-state index is 0.388. The molecule has 0 radical (unpaired) electrons. The van der Waals surface area contributed by atoms with Crippen molar-refractivity contribution >= 4 is 18.0 Å². The van der Waals surface area contributed by atoms with E-state index in [9.17, 15) is 5.11 Å². The summed E-state index contributed by atoms with van der Waals surface area (Å²) in [5.74, 6) is 1.25. The highest BCUT2D eigenvalue weighted by atomic mass is 16.3. The lowest BCUT2D eigenvalue weighted by Crippen LogP contribution is -1.94. The van der Waals surface area contributed by atoms with Gasteiger partial charge in [-0.15, -0.1) is 0 Å². The van der Waals surface area contributed by atoms with Gasteiger partial charge in [0.1, 0.15) is 5.75 Å². The van der Waals surface area contributed by atoms with Crippen molar-refractivity contribution in [3.8, 4) is 5.75 Å². The molecule has 3 heteroatoms. The molecule has 0 fully saturated rings. The Hall–Kier alpha value is -2.55. The Morgan fingerprint density at radius 2 is 1.50 bits per heavy atom. The molecule has 1 aliphatic rings. The summed E-state index contributed by atoms with van der Waals surface area (Å²) in [6.07, 6.45) is 5.68. The average molecular weight is 322 g/mol. The number of nitrogens with zero attached hydrogens (tertiary/aromatic N) is 1. The molecular weight excluding hydrogens is 296 g/mol. The van der Waals surface area contributed by atoms with Gasteiger partial charge in [0.15, 0.2) is 0 Å². The Labute approximate surface area is 144 Å². The topological polar surface area (TPSA) is 44.6 Å². The molecule has 0 aromatic heterocycles. The minimum Gasteiger partial charge on any atom is -0.507 e. The molecule has 2 aromatic carbocycles. The van der Waals surface area contributed by atoms with Gasteiger partial charge in [0.05, 0.1) is 5.69 Å². The summed E-state index contributed by atoms with van der Waals surface area (Å²) in [4.78, 5) is 0. The largest absolute Gasteiger partial charge is 0.507 e. The maximum atomic E-state index is 9.93. The highest BCUT2D eigenvalue weighted by molar-refractivity contribution is 5.83. The maximum Gasteiger partial charge on any atom is 0.122 e. The van der Waals surface area contributed by atoms with Gasteiger partial charge in [-0.2, -0.15) is 5.10 Å². The van der Waals surface area contributed by atoms with Gasteiger partial charge in [0.2, 0.25) is 0 Å². The van der Waals surface area contributed by atoms with Crippen LogP contribution in [0.15, 0.2) is 53.6 Å². The van der Waals surface area contributed by atoms with Gasteiger partial charge < -0.3 is 5.11 Å². The molecule has 126 valence electrons. The number of fused-ring (bicyclic) bond motifs is 1. The number of hydrazone groups is 1. The van der Waals surface area contributed by atoms with Crippen LogP contribution in [0.25, 0.3) is 6.08 Å². The van der Waals surface area contributed by atoms with Crippen molar-refractivity contribution in [2.24, 2.45) is 5.10 Å². The third-order valence-electron chi connectivity index (χ3n) is 3.92. The Morgan fingerprint density at radius 1 is 0.875 bits per heavy atom. The number of para-hydroxylation sites is 2. The first kappa shape index (κ1) is 17.8. The van der Waals surface area contributed by atoms with E-state index in [1.54, 1.807) is 6.21 Å². The van der Waals surface area contributed by atoms with E-state index in [0.29, 0.717) is 17.6 Å². The second kappa shape index (κ2) is 8.34. The fourth-order valence-corrected chi connectivity index (χ4v) is 2.55. The number of allylic oxidation sites excluding steroid dienone is 1. The van der Waals surface area contributed by atoms with Crippen molar-refractivity contribution in [1.29, 1.82) is 0 Å². The molecule has 2 N–H and O–H groups in total. The molecule has 0 bridgehead atoms. The van der Waals surface area contributed by atoms with Crippen molar-refractivity contribution in [2.75, 3.05) is 5.43 Å². The summed E-state index contributed by atoms with van der Waals surface area (Å²) in [5, 5.41) is 13.9. The summed E-state index contributed by atoms with van der Waals surface area (Å²) in [6.45, 7) is 8.39. The van der Waals surface area contributed by atoms with E-state index in [2.05, 4.69) is 38.2 Å². The summed E-state index contributed by atoms with van der Waals surface area (Å²) in [6, 6.07) is 14.1. The molecule has 2 aromatic rings. The maximum absolute atomic E-state index is 9.93. The fraction of sp³-hybridized carbons (Fsp3) is 0.286. The summed E-state index contributed by atoms with van der Waals surface area (Å²) in [7, 11) is 0. The zero-order chi connectivity index (χ0) is 17.5. The van der Waals surface area contributed by atoms with Gasteiger partial charge in [-0.25, -0.2) is 0 Å². The third kappa shape index (κ3) is 4.48. The van der Waals surface area contributed by atoms with E-state index < -0.39 is 0 Å². The van der Waals surface area contributed by atoms with Gasteiger partial charge >= 0.3 is 0 Å². The van der Waals surface area contributed by atoms with E-state index >= 15 is 0 Å². The van der Waals surface area contributed by atoms with Crippen LogP contribution in [0.4, 0.5) is 5.69 Å². The van der Waals surface area contributed by atoms with Crippen LogP contribution in [0.2, 0.25) is 0 Å². The molecular formula is C21H26N2O.